The number of hydrogen-bond acceptors (Lipinski definition) is 4. The van der Waals surface area contributed by atoms with Crippen LogP contribution in [-0.4, -0.2) is 31.3 Å². The molecule has 0 unspecified atom stereocenters. The first-order valence-corrected chi connectivity index (χ1v) is 5.41. The van der Waals surface area contributed by atoms with E-state index >= 15 is 0 Å². The monoisotopic (exact) mass is 240 g/mol. The number of alkyl halides is 1. The third kappa shape index (κ3) is 3.99. The Kier molecular flexibility index (Phi) is 5.95. The topological polar surface area (TPSA) is 64.9 Å². The number of halogens is 1. The molecule has 1 aromatic heterocycles. The standard InChI is InChI=1S/C11H17FN4O/c1-14-16-7-4-5-10(11(16)15-9-13)17-8-3-2-6-12/h4-5,7H,1-3,6,8-9,13H2/b15-11-. The number of nitrogens with two attached hydrogens (primary N) is 1. The van der Waals surface area contributed by atoms with E-state index in [1.165, 1.54) is 4.68 Å². The Morgan fingerprint density at radius 2 is 2.29 bits per heavy atom. The molecule has 0 bridgehead atoms. The van der Waals surface area contributed by atoms with Crippen molar-refractivity contribution in [2.24, 2.45) is 15.8 Å². The smallest absolute Gasteiger partial charge is 0.192 e. The molecule has 0 aliphatic carbocycles. The van der Waals surface area contributed by atoms with Crippen LogP contribution >= 0.6 is 0 Å². The number of unbranched alkanes of at least 4 members (excludes halogenated alkanes) is 1. The summed E-state index contributed by atoms with van der Waals surface area (Å²) >= 11 is 0. The third-order valence-corrected chi connectivity index (χ3v) is 2.09. The van der Waals surface area contributed by atoms with Crippen molar-refractivity contribution < 1.29 is 9.13 Å². The van der Waals surface area contributed by atoms with Crippen LogP contribution in [0.2, 0.25) is 0 Å². The van der Waals surface area contributed by atoms with Gasteiger partial charge in [0.2, 0.25) is 0 Å². The molecule has 6 heteroatoms. The van der Waals surface area contributed by atoms with E-state index in [1.807, 2.05) is 0 Å². The van der Waals surface area contributed by atoms with Gasteiger partial charge in [-0.05, 0) is 25.0 Å². The Bertz CT molecular complexity index is 416. The first-order chi connectivity index (χ1) is 8.33. The maximum Gasteiger partial charge on any atom is 0.192 e. The third-order valence-electron chi connectivity index (χ3n) is 2.09. The van der Waals surface area contributed by atoms with Crippen LogP contribution in [0.1, 0.15) is 12.8 Å². The summed E-state index contributed by atoms with van der Waals surface area (Å²) in [4.78, 5) is 4.08. The molecule has 94 valence electrons. The highest BCUT2D eigenvalue weighted by Crippen LogP contribution is 2.03. The van der Waals surface area contributed by atoms with E-state index < -0.39 is 0 Å². The number of rotatable bonds is 7. The van der Waals surface area contributed by atoms with Crippen molar-refractivity contribution in [1.29, 1.82) is 0 Å². The number of nitrogens with zero attached hydrogens (tertiary/aromatic N) is 3. The van der Waals surface area contributed by atoms with Gasteiger partial charge in [0, 0.05) is 12.9 Å². The zero-order chi connectivity index (χ0) is 12.5. The second-order valence-electron chi connectivity index (χ2n) is 3.27. The zero-order valence-electron chi connectivity index (χ0n) is 9.68. The van der Waals surface area contributed by atoms with E-state index in [9.17, 15) is 4.39 Å². The number of hydrogen-bond donors (Lipinski definition) is 1. The van der Waals surface area contributed by atoms with Gasteiger partial charge in [-0.25, -0.2) is 9.67 Å². The lowest BCUT2D eigenvalue weighted by molar-refractivity contribution is 0.291. The average molecular weight is 240 g/mol. The highest BCUT2D eigenvalue weighted by atomic mass is 19.1. The van der Waals surface area contributed by atoms with Crippen LogP contribution in [0.4, 0.5) is 4.39 Å². The van der Waals surface area contributed by atoms with Crippen molar-refractivity contribution in [3.05, 3.63) is 23.8 Å². The van der Waals surface area contributed by atoms with Gasteiger partial charge in [-0.3, -0.25) is 4.39 Å². The summed E-state index contributed by atoms with van der Waals surface area (Å²) in [5.74, 6) is 0.573. The average Bonchev–Trinajstić information content (AvgIpc) is 2.36. The molecule has 5 nitrogen and oxygen atoms in total. The van der Waals surface area contributed by atoms with Crippen LogP contribution in [0.3, 0.4) is 0 Å². The maximum absolute atomic E-state index is 11.9. The molecule has 1 aromatic rings. The lowest BCUT2D eigenvalue weighted by Crippen LogP contribution is -2.22. The van der Waals surface area contributed by atoms with Crippen LogP contribution in [0.5, 0.6) is 5.75 Å². The summed E-state index contributed by atoms with van der Waals surface area (Å²) in [6, 6.07) is 3.54. The predicted molar refractivity (Wildman–Crippen MR) is 64.7 cm³/mol. The summed E-state index contributed by atoms with van der Waals surface area (Å²) < 4.78 is 18.9. The molecule has 0 atom stereocenters. The fourth-order valence-electron chi connectivity index (χ4n) is 1.31. The van der Waals surface area contributed by atoms with Crippen molar-refractivity contribution in [2.45, 2.75) is 12.8 Å². The normalized spacial score (nSPS) is 11.5. The molecule has 1 rings (SSSR count). The molecule has 0 aliphatic rings. The van der Waals surface area contributed by atoms with Crippen LogP contribution in [0.15, 0.2) is 28.4 Å². The minimum absolute atomic E-state index is 0.139. The minimum Gasteiger partial charge on any atom is -0.490 e. The fraction of sp³-hybridized carbons (Fsp3) is 0.455. The lowest BCUT2D eigenvalue weighted by atomic mass is 10.3. The van der Waals surface area contributed by atoms with Crippen molar-refractivity contribution >= 4 is 6.72 Å². The Morgan fingerprint density at radius 3 is 2.94 bits per heavy atom. The van der Waals surface area contributed by atoms with E-state index in [0.29, 0.717) is 30.7 Å². The zero-order valence-corrected chi connectivity index (χ0v) is 9.68. The number of aromatic nitrogens is 1. The van der Waals surface area contributed by atoms with Crippen molar-refractivity contribution in [3.63, 3.8) is 0 Å². The van der Waals surface area contributed by atoms with Gasteiger partial charge >= 0.3 is 0 Å². The summed E-state index contributed by atoms with van der Waals surface area (Å²) in [6.45, 7) is 3.69. The van der Waals surface area contributed by atoms with Crippen LogP contribution in [-0.2, 0) is 0 Å². The second-order valence-corrected chi connectivity index (χ2v) is 3.27. The van der Waals surface area contributed by atoms with E-state index in [0.717, 1.165) is 0 Å². The molecular formula is C11H17FN4O. The van der Waals surface area contributed by atoms with Crippen LogP contribution in [0.25, 0.3) is 0 Å². The molecule has 17 heavy (non-hydrogen) atoms. The Hall–Kier alpha value is -1.69. The van der Waals surface area contributed by atoms with Gasteiger partial charge in [0.05, 0.1) is 20.0 Å². The second kappa shape index (κ2) is 7.56. The Labute approximate surface area is 99.4 Å². The van der Waals surface area contributed by atoms with Gasteiger partial charge in [-0.15, -0.1) is 0 Å². The van der Waals surface area contributed by atoms with E-state index in [-0.39, 0.29) is 13.3 Å². The lowest BCUT2D eigenvalue weighted by Gasteiger charge is -2.08. The predicted octanol–water partition coefficient (Wildman–Crippen LogP) is 0.897. The van der Waals surface area contributed by atoms with Gasteiger partial charge in [0.15, 0.2) is 11.2 Å². The highest BCUT2D eigenvalue weighted by molar-refractivity contribution is 5.24. The SMILES string of the molecule is C=Nn1cccc(OCCCCF)/c1=N/CN. The summed E-state index contributed by atoms with van der Waals surface area (Å²) in [6.07, 6.45) is 2.86. The molecule has 0 saturated carbocycles. The molecule has 0 spiro atoms. The summed E-state index contributed by atoms with van der Waals surface area (Å²) in [7, 11) is 0. The molecule has 1 heterocycles. The summed E-state index contributed by atoms with van der Waals surface area (Å²) in [5, 5.41) is 3.77. The summed E-state index contributed by atoms with van der Waals surface area (Å²) in [5.41, 5.74) is 5.90. The molecule has 0 fully saturated rings. The first-order valence-electron chi connectivity index (χ1n) is 5.41. The highest BCUT2D eigenvalue weighted by Gasteiger charge is 2.01. The largest absolute Gasteiger partial charge is 0.490 e. The molecule has 0 aliphatic heterocycles. The first kappa shape index (κ1) is 13.4. The molecule has 0 aromatic carbocycles. The van der Waals surface area contributed by atoms with E-state index in [2.05, 4.69) is 16.8 Å². The van der Waals surface area contributed by atoms with Gasteiger partial charge in [0.1, 0.15) is 0 Å². The van der Waals surface area contributed by atoms with Gasteiger partial charge in [-0.2, -0.15) is 5.10 Å². The molecule has 0 saturated heterocycles. The minimum atomic E-state index is -0.327. The van der Waals surface area contributed by atoms with Crippen molar-refractivity contribution in [2.75, 3.05) is 20.0 Å². The molecule has 2 N–H and O–H groups in total. The molecular weight excluding hydrogens is 223 g/mol. The van der Waals surface area contributed by atoms with E-state index in [4.69, 9.17) is 10.5 Å². The van der Waals surface area contributed by atoms with Crippen LogP contribution < -0.4 is 16.0 Å². The Morgan fingerprint density at radius 1 is 1.47 bits per heavy atom. The number of pyridine rings is 1. The van der Waals surface area contributed by atoms with E-state index in [1.54, 1.807) is 18.3 Å². The number of ether oxygens (including phenoxy) is 1. The quantitative estimate of drug-likeness (QED) is 0.568. The molecule has 0 radical (unpaired) electrons. The molecule has 0 amide bonds. The maximum atomic E-state index is 11.9. The van der Waals surface area contributed by atoms with Crippen molar-refractivity contribution in [1.82, 2.24) is 4.68 Å². The Balaban J connectivity index is 2.83. The fourth-order valence-corrected chi connectivity index (χ4v) is 1.31. The van der Waals surface area contributed by atoms with Crippen LogP contribution in [0, 0.1) is 0 Å². The van der Waals surface area contributed by atoms with Gasteiger partial charge in [-0.1, -0.05) is 0 Å². The van der Waals surface area contributed by atoms with Gasteiger partial charge in [0.25, 0.3) is 0 Å². The van der Waals surface area contributed by atoms with Gasteiger partial charge < -0.3 is 10.5 Å². The van der Waals surface area contributed by atoms with Crippen molar-refractivity contribution in [3.8, 4) is 5.75 Å².